The Morgan fingerprint density at radius 1 is 1.20 bits per heavy atom. The molecule has 3 aromatic rings. The van der Waals surface area contributed by atoms with Crippen LogP contribution in [0, 0.1) is 0 Å². The van der Waals surface area contributed by atoms with Crippen molar-refractivity contribution in [2.45, 2.75) is 6.54 Å². The van der Waals surface area contributed by atoms with Crippen LogP contribution in [0.3, 0.4) is 0 Å². The highest BCUT2D eigenvalue weighted by Crippen LogP contribution is 2.22. The molecule has 1 heterocycles. The standard InChI is InChI=1S/C15H12BrN3O/c16-13-4-2-12-9-14(5-3-11(12)8-13)18-15(20)10-19-7-1-6-17-19/h1-9H,10H2,(H,18,20). The molecule has 0 aliphatic carbocycles. The number of hydrogen-bond acceptors (Lipinski definition) is 2. The van der Waals surface area contributed by atoms with Gasteiger partial charge in [-0.3, -0.25) is 9.48 Å². The normalized spacial score (nSPS) is 10.7. The molecule has 20 heavy (non-hydrogen) atoms. The Labute approximate surface area is 124 Å². The van der Waals surface area contributed by atoms with Gasteiger partial charge in [0.05, 0.1) is 0 Å². The first kappa shape index (κ1) is 12.9. The minimum Gasteiger partial charge on any atom is -0.324 e. The van der Waals surface area contributed by atoms with Crippen LogP contribution in [0.2, 0.25) is 0 Å². The van der Waals surface area contributed by atoms with Crippen molar-refractivity contribution >= 4 is 38.3 Å². The number of aromatic nitrogens is 2. The number of carbonyl (C=O) groups excluding carboxylic acids is 1. The van der Waals surface area contributed by atoms with Gasteiger partial charge in [0.25, 0.3) is 0 Å². The van der Waals surface area contributed by atoms with E-state index < -0.39 is 0 Å². The van der Waals surface area contributed by atoms with Gasteiger partial charge in [-0.05, 0) is 41.1 Å². The first-order valence-corrected chi connectivity index (χ1v) is 6.97. The zero-order chi connectivity index (χ0) is 13.9. The molecule has 5 heteroatoms. The second-order valence-corrected chi connectivity index (χ2v) is 5.37. The van der Waals surface area contributed by atoms with Gasteiger partial charge in [-0.1, -0.05) is 28.1 Å². The Hall–Kier alpha value is -2.14. The number of benzene rings is 2. The summed E-state index contributed by atoms with van der Waals surface area (Å²) in [6.45, 7) is 0.214. The second kappa shape index (κ2) is 5.46. The molecule has 1 N–H and O–H groups in total. The van der Waals surface area contributed by atoms with Crippen LogP contribution < -0.4 is 5.32 Å². The third-order valence-electron chi connectivity index (χ3n) is 2.95. The summed E-state index contributed by atoms with van der Waals surface area (Å²) >= 11 is 3.45. The van der Waals surface area contributed by atoms with E-state index in [0.29, 0.717) is 0 Å². The lowest BCUT2D eigenvalue weighted by Crippen LogP contribution is -2.18. The predicted octanol–water partition coefficient (Wildman–Crippen LogP) is 3.44. The molecule has 0 bridgehead atoms. The average Bonchev–Trinajstić information content (AvgIpc) is 2.91. The molecule has 0 fully saturated rings. The van der Waals surface area contributed by atoms with Crippen LogP contribution >= 0.6 is 15.9 Å². The second-order valence-electron chi connectivity index (χ2n) is 4.46. The maximum atomic E-state index is 11.9. The third kappa shape index (κ3) is 2.88. The third-order valence-corrected chi connectivity index (χ3v) is 3.44. The van der Waals surface area contributed by atoms with Crippen LogP contribution in [0.1, 0.15) is 0 Å². The fourth-order valence-corrected chi connectivity index (χ4v) is 2.41. The van der Waals surface area contributed by atoms with Gasteiger partial charge in [0.15, 0.2) is 0 Å². The van der Waals surface area contributed by atoms with Gasteiger partial charge in [0.2, 0.25) is 5.91 Å². The Kier molecular flexibility index (Phi) is 3.52. The van der Waals surface area contributed by atoms with Gasteiger partial charge in [-0.2, -0.15) is 5.10 Å². The summed E-state index contributed by atoms with van der Waals surface area (Å²) in [6, 6.07) is 13.7. The van der Waals surface area contributed by atoms with Crippen LogP contribution in [0.5, 0.6) is 0 Å². The molecule has 0 spiro atoms. The highest BCUT2D eigenvalue weighted by molar-refractivity contribution is 9.10. The monoisotopic (exact) mass is 329 g/mol. The maximum Gasteiger partial charge on any atom is 0.246 e. The Bertz CT molecular complexity index is 753. The van der Waals surface area contributed by atoms with E-state index in [1.54, 1.807) is 23.1 Å². The van der Waals surface area contributed by atoms with Crippen molar-refractivity contribution in [2.75, 3.05) is 5.32 Å². The number of amides is 1. The molecule has 0 saturated heterocycles. The molecule has 1 aromatic heterocycles. The Balaban J connectivity index is 1.77. The molecule has 1 amide bonds. The number of anilines is 1. The lowest BCUT2D eigenvalue weighted by molar-refractivity contribution is -0.116. The van der Waals surface area contributed by atoms with Crippen LogP contribution in [0.25, 0.3) is 10.8 Å². The molecular weight excluding hydrogens is 318 g/mol. The molecule has 0 saturated carbocycles. The zero-order valence-electron chi connectivity index (χ0n) is 10.6. The molecule has 100 valence electrons. The van der Waals surface area contributed by atoms with Crippen LogP contribution in [-0.2, 0) is 11.3 Å². The summed E-state index contributed by atoms with van der Waals surface area (Å²) in [5, 5.41) is 9.10. The van der Waals surface area contributed by atoms with Crippen molar-refractivity contribution in [3.05, 3.63) is 59.3 Å². The lowest BCUT2D eigenvalue weighted by atomic mass is 10.1. The smallest absolute Gasteiger partial charge is 0.246 e. The highest BCUT2D eigenvalue weighted by Gasteiger charge is 2.04. The van der Waals surface area contributed by atoms with Crippen LogP contribution in [0.15, 0.2) is 59.3 Å². The summed E-state index contributed by atoms with van der Waals surface area (Å²) in [7, 11) is 0. The van der Waals surface area contributed by atoms with Crippen molar-refractivity contribution in [3.8, 4) is 0 Å². The minimum absolute atomic E-state index is 0.0924. The summed E-state index contributed by atoms with van der Waals surface area (Å²) in [4.78, 5) is 11.9. The number of nitrogens with one attached hydrogen (secondary N) is 1. The highest BCUT2D eigenvalue weighted by atomic mass is 79.9. The minimum atomic E-state index is -0.0924. The molecule has 2 aromatic carbocycles. The molecule has 3 rings (SSSR count). The zero-order valence-corrected chi connectivity index (χ0v) is 12.2. The van der Waals surface area contributed by atoms with E-state index in [9.17, 15) is 4.79 Å². The van der Waals surface area contributed by atoms with E-state index in [1.165, 1.54) is 0 Å². The van der Waals surface area contributed by atoms with Crippen molar-refractivity contribution in [1.29, 1.82) is 0 Å². The van der Waals surface area contributed by atoms with Crippen molar-refractivity contribution < 1.29 is 4.79 Å². The SMILES string of the molecule is O=C(Cn1cccn1)Nc1ccc2cc(Br)ccc2c1. The van der Waals surface area contributed by atoms with Crippen LogP contribution in [-0.4, -0.2) is 15.7 Å². The van der Waals surface area contributed by atoms with E-state index in [2.05, 4.69) is 26.3 Å². The summed E-state index contributed by atoms with van der Waals surface area (Å²) in [5.41, 5.74) is 0.789. The van der Waals surface area contributed by atoms with Gasteiger partial charge in [0, 0.05) is 22.6 Å². The van der Waals surface area contributed by atoms with Gasteiger partial charge in [0.1, 0.15) is 6.54 Å². The number of carbonyl (C=O) groups is 1. The van der Waals surface area contributed by atoms with Gasteiger partial charge in [-0.15, -0.1) is 0 Å². The van der Waals surface area contributed by atoms with E-state index in [4.69, 9.17) is 0 Å². The molecule has 0 unspecified atom stereocenters. The molecular formula is C15H12BrN3O. The van der Waals surface area contributed by atoms with Crippen molar-refractivity contribution in [2.24, 2.45) is 0 Å². The average molecular weight is 330 g/mol. The fraction of sp³-hybridized carbons (Fsp3) is 0.0667. The van der Waals surface area contributed by atoms with E-state index in [-0.39, 0.29) is 12.5 Å². The maximum absolute atomic E-state index is 11.9. The van der Waals surface area contributed by atoms with Gasteiger partial charge >= 0.3 is 0 Å². The number of rotatable bonds is 3. The summed E-state index contributed by atoms with van der Waals surface area (Å²) in [5.74, 6) is -0.0924. The van der Waals surface area contributed by atoms with E-state index in [1.807, 2.05) is 36.4 Å². The van der Waals surface area contributed by atoms with E-state index >= 15 is 0 Å². The topological polar surface area (TPSA) is 46.9 Å². The quantitative estimate of drug-likeness (QED) is 0.800. The molecule has 0 atom stereocenters. The predicted molar refractivity (Wildman–Crippen MR) is 82.5 cm³/mol. The van der Waals surface area contributed by atoms with E-state index in [0.717, 1.165) is 20.9 Å². The largest absolute Gasteiger partial charge is 0.324 e. The molecule has 4 nitrogen and oxygen atoms in total. The lowest BCUT2D eigenvalue weighted by Gasteiger charge is -2.07. The number of nitrogens with zero attached hydrogens (tertiary/aromatic N) is 2. The molecule has 0 aliphatic rings. The molecule has 0 radical (unpaired) electrons. The number of halogens is 1. The Morgan fingerprint density at radius 3 is 2.80 bits per heavy atom. The van der Waals surface area contributed by atoms with Gasteiger partial charge in [-0.25, -0.2) is 0 Å². The Morgan fingerprint density at radius 2 is 2.00 bits per heavy atom. The van der Waals surface area contributed by atoms with Gasteiger partial charge < -0.3 is 5.32 Å². The fourth-order valence-electron chi connectivity index (χ4n) is 2.04. The van der Waals surface area contributed by atoms with Crippen molar-refractivity contribution in [3.63, 3.8) is 0 Å². The van der Waals surface area contributed by atoms with Crippen molar-refractivity contribution in [1.82, 2.24) is 9.78 Å². The number of fused-ring (bicyclic) bond motifs is 1. The first-order valence-electron chi connectivity index (χ1n) is 6.17. The van der Waals surface area contributed by atoms with Crippen LogP contribution in [0.4, 0.5) is 5.69 Å². The summed E-state index contributed by atoms with van der Waals surface area (Å²) in [6.07, 6.45) is 3.42. The molecule has 0 aliphatic heterocycles. The first-order chi connectivity index (χ1) is 9.70. The summed E-state index contributed by atoms with van der Waals surface area (Å²) < 4.78 is 2.63. The number of hydrogen-bond donors (Lipinski definition) is 1.